The summed E-state index contributed by atoms with van der Waals surface area (Å²) in [6.07, 6.45) is 1.91. The van der Waals surface area contributed by atoms with Crippen molar-refractivity contribution < 1.29 is 4.79 Å². The van der Waals surface area contributed by atoms with Gasteiger partial charge in [-0.1, -0.05) is 42.5 Å². The molecule has 29 heavy (non-hydrogen) atoms. The summed E-state index contributed by atoms with van der Waals surface area (Å²) in [5, 5.41) is 6.17. The second-order valence-electron chi connectivity index (χ2n) is 7.51. The number of H-pyrrole nitrogens is 1. The first-order chi connectivity index (χ1) is 14.1. The molecule has 0 bridgehead atoms. The Morgan fingerprint density at radius 3 is 2.55 bits per heavy atom. The van der Waals surface area contributed by atoms with Crippen molar-refractivity contribution in [2.24, 2.45) is 0 Å². The summed E-state index contributed by atoms with van der Waals surface area (Å²) in [7, 11) is 0. The molecule has 1 atom stereocenters. The number of benzene rings is 2. The number of carbonyl (C=O) groups is 1. The number of amides is 1. The van der Waals surface area contributed by atoms with Gasteiger partial charge in [-0.3, -0.25) is 24.4 Å². The molecule has 0 saturated carbocycles. The van der Waals surface area contributed by atoms with Crippen LogP contribution < -0.4 is 16.4 Å². The van der Waals surface area contributed by atoms with Gasteiger partial charge in [-0.15, -0.1) is 0 Å². The van der Waals surface area contributed by atoms with Gasteiger partial charge in [-0.2, -0.15) is 0 Å². The second kappa shape index (κ2) is 8.45. The molecule has 7 heteroatoms. The van der Waals surface area contributed by atoms with Gasteiger partial charge in [0.1, 0.15) is 6.54 Å². The zero-order valence-corrected chi connectivity index (χ0v) is 16.1. The predicted molar refractivity (Wildman–Crippen MR) is 112 cm³/mol. The van der Waals surface area contributed by atoms with E-state index >= 15 is 0 Å². The fraction of sp³-hybridized carbons (Fsp3) is 0.318. The number of aromatic nitrogens is 2. The highest BCUT2D eigenvalue weighted by atomic mass is 16.2. The van der Waals surface area contributed by atoms with Crippen LogP contribution in [-0.4, -0.2) is 39.7 Å². The maximum Gasteiger partial charge on any atom is 0.273 e. The molecule has 150 valence electrons. The van der Waals surface area contributed by atoms with E-state index in [1.807, 2.05) is 18.2 Å². The average Bonchev–Trinajstić information content (AvgIpc) is 2.73. The molecule has 2 aromatic carbocycles. The molecule has 1 unspecified atom stereocenters. The fourth-order valence-electron chi connectivity index (χ4n) is 3.93. The summed E-state index contributed by atoms with van der Waals surface area (Å²) in [6, 6.07) is 16.9. The lowest BCUT2D eigenvalue weighted by molar-refractivity contribution is -0.123. The number of likely N-dealkylation sites (tertiary alicyclic amines) is 1. The third-order valence-corrected chi connectivity index (χ3v) is 5.31. The van der Waals surface area contributed by atoms with Crippen LogP contribution in [0.25, 0.3) is 10.8 Å². The third-order valence-electron chi connectivity index (χ3n) is 5.31. The van der Waals surface area contributed by atoms with Crippen LogP contribution in [0.15, 0.2) is 64.2 Å². The zero-order chi connectivity index (χ0) is 20.2. The summed E-state index contributed by atoms with van der Waals surface area (Å²) in [6.45, 7) is 2.42. The Morgan fingerprint density at radius 1 is 1.03 bits per heavy atom. The van der Waals surface area contributed by atoms with Gasteiger partial charge in [0.15, 0.2) is 0 Å². The Balaban J connectivity index is 1.41. The molecule has 2 N–H and O–H groups in total. The Morgan fingerprint density at radius 2 is 1.76 bits per heavy atom. The normalized spacial score (nSPS) is 17.3. The van der Waals surface area contributed by atoms with E-state index < -0.39 is 0 Å². The van der Waals surface area contributed by atoms with Crippen LogP contribution in [0.3, 0.4) is 0 Å². The lowest BCUT2D eigenvalue weighted by Crippen LogP contribution is -2.49. The SMILES string of the molecule is O=C(Cn1[nH]c(=O)c2ccccc2c1=O)NC1CCCN(Cc2ccccc2)C1. The van der Waals surface area contributed by atoms with Crippen molar-refractivity contribution in [3.63, 3.8) is 0 Å². The molecular weight excluding hydrogens is 368 g/mol. The third kappa shape index (κ3) is 4.46. The Hall–Kier alpha value is -3.19. The predicted octanol–water partition coefficient (Wildman–Crippen LogP) is 1.47. The number of piperidine rings is 1. The summed E-state index contributed by atoms with van der Waals surface area (Å²) >= 11 is 0. The lowest BCUT2D eigenvalue weighted by atomic mass is 10.0. The molecule has 0 radical (unpaired) electrons. The van der Waals surface area contributed by atoms with Gasteiger partial charge in [0.25, 0.3) is 11.1 Å². The largest absolute Gasteiger partial charge is 0.350 e. The number of hydrogen-bond acceptors (Lipinski definition) is 4. The van der Waals surface area contributed by atoms with E-state index in [1.54, 1.807) is 24.3 Å². The highest BCUT2D eigenvalue weighted by Gasteiger charge is 2.22. The van der Waals surface area contributed by atoms with E-state index in [0.717, 1.165) is 37.2 Å². The molecule has 1 fully saturated rings. The second-order valence-corrected chi connectivity index (χ2v) is 7.51. The molecular formula is C22H24N4O3. The molecule has 0 spiro atoms. The number of nitrogens with zero attached hydrogens (tertiary/aromatic N) is 2. The zero-order valence-electron chi connectivity index (χ0n) is 16.1. The summed E-state index contributed by atoms with van der Waals surface area (Å²) in [5.74, 6) is -0.274. The lowest BCUT2D eigenvalue weighted by Gasteiger charge is -2.33. The van der Waals surface area contributed by atoms with E-state index in [0.29, 0.717) is 10.8 Å². The van der Waals surface area contributed by atoms with Crippen molar-refractivity contribution in [3.8, 4) is 0 Å². The molecule has 0 aliphatic carbocycles. The smallest absolute Gasteiger partial charge is 0.273 e. The van der Waals surface area contributed by atoms with Crippen LogP contribution >= 0.6 is 0 Å². The molecule has 1 aliphatic rings. The Labute approximate surface area is 167 Å². The maximum atomic E-state index is 12.6. The van der Waals surface area contributed by atoms with Gasteiger partial charge < -0.3 is 5.32 Å². The van der Waals surface area contributed by atoms with Gasteiger partial charge >= 0.3 is 0 Å². The topological polar surface area (TPSA) is 87.2 Å². The molecule has 1 amide bonds. The van der Waals surface area contributed by atoms with Gasteiger partial charge in [-0.25, -0.2) is 4.68 Å². The number of nitrogens with one attached hydrogen (secondary N) is 2. The van der Waals surface area contributed by atoms with Crippen LogP contribution in [-0.2, 0) is 17.9 Å². The van der Waals surface area contributed by atoms with E-state index in [4.69, 9.17) is 0 Å². The van der Waals surface area contributed by atoms with E-state index in [2.05, 4.69) is 27.4 Å². The van der Waals surface area contributed by atoms with Gasteiger partial charge in [-0.05, 0) is 37.1 Å². The van der Waals surface area contributed by atoms with Crippen molar-refractivity contribution in [3.05, 3.63) is 80.9 Å². The molecule has 7 nitrogen and oxygen atoms in total. The highest BCUT2D eigenvalue weighted by Crippen LogP contribution is 2.13. The minimum absolute atomic E-state index is 0.0304. The minimum Gasteiger partial charge on any atom is -0.350 e. The Kier molecular flexibility index (Phi) is 5.57. The van der Waals surface area contributed by atoms with Gasteiger partial charge in [0, 0.05) is 19.1 Å². The van der Waals surface area contributed by atoms with Gasteiger partial charge in [0.2, 0.25) is 5.91 Å². The van der Waals surface area contributed by atoms with Crippen LogP contribution in [0.5, 0.6) is 0 Å². The molecule has 1 aromatic heterocycles. The monoisotopic (exact) mass is 392 g/mol. The molecule has 1 saturated heterocycles. The summed E-state index contributed by atoms with van der Waals surface area (Å²) in [5.41, 5.74) is 0.504. The number of rotatable bonds is 5. The molecule has 2 heterocycles. The minimum atomic E-state index is -0.375. The maximum absolute atomic E-state index is 12.6. The Bertz CT molecular complexity index is 1120. The highest BCUT2D eigenvalue weighted by molar-refractivity contribution is 5.81. The fourth-order valence-corrected chi connectivity index (χ4v) is 3.93. The molecule has 3 aromatic rings. The van der Waals surface area contributed by atoms with Crippen molar-refractivity contribution in [1.29, 1.82) is 0 Å². The number of aromatic amines is 1. The standard InChI is InChI=1S/C22H24N4O3/c27-20(15-26-22(29)19-11-5-4-10-18(19)21(28)24-26)23-17-9-6-12-25(14-17)13-16-7-2-1-3-8-16/h1-5,7-8,10-11,17H,6,9,12-15H2,(H,23,27)(H,24,28). The van der Waals surface area contributed by atoms with Crippen LogP contribution in [0.1, 0.15) is 18.4 Å². The first kappa shape index (κ1) is 19.1. The first-order valence-electron chi connectivity index (χ1n) is 9.87. The van der Waals surface area contributed by atoms with Gasteiger partial charge in [0.05, 0.1) is 10.8 Å². The number of hydrogen-bond donors (Lipinski definition) is 2. The summed E-state index contributed by atoms with van der Waals surface area (Å²) in [4.78, 5) is 39.6. The summed E-state index contributed by atoms with van der Waals surface area (Å²) < 4.78 is 1.09. The quantitative estimate of drug-likeness (QED) is 0.688. The van der Waals surface area contributed by atoms with Crippen molar-refractivity contribution in [1.82, 2.24) is 20.0 Å². The van der Waals surface area contributed by atoms with E-state index in [9.17, 15) is 14.4 Å². The molecule has 4 rings (SSSR count). The van der Waals surface area contributed by atoms with Crippen molar-refractivity contribution in [2.75, 3.05) is 13.1 Å². The number of fused-ring (bicyclic) bond motifs is 1. The average molecular weight is 392 g/mol. The van der Waals surface area contributed by atoms with Crippen LogP contribution in [0.4, 0.5) is 0 Å². The van der Waals surface area contributed by atoms with Crippen molar-refractivity contribution >= 4 is 16.7 Å². The van der Waals surface area contributed by atoms with E-state index in [1.165, 1.54) is 5.56 Å². The van der Waals surface area contributed by atoms with Crippen LogP contribution in [0.2, 0.25) is 0 Å². The van der Waals surface area contributed by atoms with Crippen LogP contribution in [0, 0.1) is 0 Å². The molecule has 1 aliphatic heterocycles. The van der Waals surface area contributed by atoms with Crippen molar-refractivity contribution in [2.45, 2.75) is 32.0 Å². The van der Waals surface area contributed by atoms with E-state index in [-0.39, 0.29) is 29.6 Å². The number of carbonyl (C=O) groups excluding carboxylic acids is 1. The first-order valence-corrected chi connectivity index (χ1v) is 9.87.